The van der Waals surface area contributed by atoms with E-state index < -0.39 is 0 Å². The first-order valence-corrected chi connectivity index (χ1v) is 8.46. The third-order valence-electron chi connectivity index (χ3n) is 3.68. The number of anilines is 1. The van der Waals surface area contributed by atoms with Crippen molar-refractivity contribution in [2.45, 2.75) is 4.90 Å². The number of benzene rings is 1. The molecule has 3 rings (SSSR count). The van der Waals surface area contributed by atoms with Crippen molar-refractivity contribution >= 4 is 28.9 Å². The zero-order valence-electron chi connectivity index (χ0n) is 14.0. The molecule has 7 heteroatoms. The first kappa shape index (κ1) is 17.4. The third-order valence-corrected chi connectivity index (χ3v) is 4.16. The van der Waals surface area contributed by atoms with E-state index in [9.17, 15) is 3.89 Å². The molecular formula is C18H18FN3O2S. The number of fused-ring (bicyclic) bond motifs is 1. The largest absolute Gasteiger partial charge is 0.491 e. The molecule has 0 atom stereocenters. The first-order valence-electron chi connectivity index (χ1n) is 7.74. The van der Waals surface area contributed by atoms with Crippen LogP contribution in [0.25, 0.3) is 22.2 Å². The van der Waals surface area contributed by atoms with Crippen molar-refractivity contribution in [1.82, 2.24) is 9.97 Å². The van der Waals surface area contributed by atoms with Crippen LogP contribution in [0.1, 0.15) is 0 Å². The maximum atomic E-state index is 13.5. The number of pyridine rings is 2. The molecule has 0 aliphatic heterocycles. The quantitative estimate of drug-likeness (QED) is 0.633. The van der Waals surface area contributed by atoms with E-state index in [-0.39, 0.29) is 12.1 Å². The van der Waals surface area contributed by atoms with Gasteiger partial charge >= 0.3 is 0 Å². The zero-order chi connectivity index (χ0) is 17.6. The van der Waals surface area contributed by atoms with Gasteiger partial charge in [0.15, 0.2) is 0 Å². The molecule has 0 saturated heterocycles. The SMILES string of the molecule is CNc1cc(-c2ccc3cc(OCCOC)cc(SF)c3n2)ccn1. The average Bonchev–Trinajstić information content (AvgIpc) is 2.67. The van der Waals surface area contributed by atoms with Gasteiger partial charge in [0, 0.05) is 31.3 Å². The van der Waals surface area contributed by atoms with Crippen LogP contribution in [0.15, 0.2) is 47.5 Å². The molecule has 2 heterocycles. The maximum absolute atomic E-state index is 13.5. The molecule has 2 aromatic heterocycles. The lowest BCUT2D eigenvalue weighted by Gasteiger charge is -2.10. The second-order valence-corrected chi connectivity index (χ2v) is 5.88. The van der Waals surface area contributed by atoms with Crippen LogP contribution in [0.5, 0.6) is 5.75 Å². The Morgan fingerprint density at radius 1 is 1.16 bits per heavy atom. The van der Waals surface area contributed by atoms with Gasteiger partial charge in [-0.2, -0.15) is 3.89 Å². The lowest BCUT2D eigenvalue weighted by molar-refractivity contribution is 0.146. The smallest absolute Gasteiger partial charge is 0.126 e. The van der Waals surface area contributed by atoms with Gasteiger partial charge in [0.1, 0.15) is 18.2 Å². The molecule has 0 saturated carbocycles. The molecule has 0 spiro atoms. The zero-order valence-corrected chi connectivity index (χ0v) is 14.8. The summed E-state index contributed by atoms with van der Waals surface area (Å²) in [4.78, 5) is 9.26. The molecule has 0 fully saturated rings. The van der Waals surface area contributed by atoms with E-state index in [0.29, 0.717) is 29.4 Å². The Kier molecular flexibility index (Phi) is 5.67. The van der Waals surface area contributed by atoms with Gasteiger partial charge in [-0.3, -0.25) is 0 Å². The Bertz CT molecular complexity index is 876. The van der Waals surface area contributed by atoms with E-state index in [0.717, 1.165) is 22.5 Å². The standard InChI is InChI=1S/C18H18FN3O2S/c1-20-17-10-12(5-6-21-17)15-4-3-13-9-14(24-8-7-23-2)11-16(25-19)18(13)22-15/h3-6,9-11H,7-8H2,1-2H3,(H,20,21). The van der Waals surface area contributed by atoms with Crippen LogP contribution in [0, 0.1) is 0 Å². The van der Waals surface area contributed by atoms with Gasteiger partial charge in [0.25, 0.3) is 0 Å². The number of halogens is 1. The number of aromatic nitrogens is 2. The van der Waals surface area contributed by atoms with Crippen LogP contribution in [0.2, 0.25) is 0 Å². The van der Waals surface area contributed by atoms with Gasteiger partial charge in [0.05, 0.1) is 34.9 Å². The van der Waals surface area contributed by atoms with Gasteiger partial charge < -0.3 is 14.8 Å². The number of nitrogens with zero attached hydrogens (tertiary/aromatic N) is 2. The van der Waals surface area contributed by atoms with E-state index in [1.807, 2.05) is 37.4 Å². The molecule has 1 aromatic carbocycles. The van der Waals surface area contributed by atoms with Crippen molar-refractivity contribution in [3.8, 4) is 17.0 Å². The molecule has 0 amide bonds. The van der Waals surface area contributed by atoms with Gasteiger partial charge in [-0.15, -0.1) is 0 Å². The predicted octanol–water partition coefficient (Wildman–Crippen LogP) is 4.34. The molecular weight excluding hydrogens is 341 g/mol. The number of methoxy groups -OCH3 is 1. The average molecular weight is 359 g/mol. The fourth-order valence-corrected chi connectivity index (χ4v) is 2.85. The summed E-state index contributed by atoms with van der Waals surface area (Å²) in [7, 11) is 3.42. The minimum atomic E-state index is 0.165. The second kappa shape index (κ2) is 8.13. The maximum Gasteiger partial charge on any atom is 0.126 e. The van der Waals surface area contributed by atoms with Gasteiger partial charge in [-0.1, -0.05) is 6.07 Å². The summed E-state index contributed by atoms with van der Waals surface area (Å²) < 4.78 is 24.0. The normalized spacial score (nSPS) is 10.8. The molecule has 130 valence electrons. The van der Waals surface area contributed by atoms with E-state index in [2.05, 4.69) is 15.3 Å². The summed E-state index contributed by atoms with van der Waals surface area (Å²) in [5, 5.41) is 3.82. The van der Waals surface area contributed by atoms with Crippen molar-refractivity contribution < 1.29 is 13.4 Å². The Morgan fingerprint density at radius 2 is 2.04 bits per heavy atom. The number of ether oxygens (including phenoxy) is 2. The van der Waals surface area contributed by atoms with Crippen LogP contribution in [0.4, 0.5) is 9.70 Å². The molecule has 0 radical (unpaired) electrons. The molecule has 5 nitrogen and oxygen atoms in total. The third kappa shape index (κ3) is 4.00. The van der Waals surface area contributed by atoms with Crippen molar-refractivity contribution in [2.75, 3.05) is 32.7 Å². The highest BCUT2D eigenvalue weighted by Crippen LogP contribution is 2.33. The summed E-state index contributed by atoms with van der Waals surface area (Å²) in [6.45, 7) is 0.886. The minimum absolute atomic E-state index is 0.165. The number of nitrogens with one attached hydrogen (secondary N) is 1. The van der Waals surface area contributed by atoms with Crippen LogP contribution in [-0.4, -0.2) is 37.3 Å². The Hall–Kier alpha value is -2.38. The molecule has 0 aliphatic rings. The monoisotopic (exact) mass is 359 g/mol. The summed E-state index contributed by atoms with van der Waals surface area (Å²) in [6.07, 6.45) is 1.71. The highest BCUT2D eigenvalue weighted by molar-refractivity contribution is 7.94. The van der Waals surface area contributed by atoms with E-state index >= 15 is 0 Å². The highest BCUT2D eigenvalue weighted by atomic mass is 32.2. The van der Waals surface area contributed by atoms with E-state index in [4.69, 9.17) is 9.47 Å². The molecule has 0 unspecified atom stereocenters. The molecule has 0 bridgehead atoms. The van der Waals surface area contributed by atoms with Crippen LogP contribution in [0.3, 0.4) is 0 Å². The number of rotatable bonds is 7. The van der Waals surface area contributed by atoms with Crippen molar-refractivity contribution in [3.63, 3.8) is 0 Å². The van der Waals surface area contributed by atoms with Crippen LogP contribution >= 0.6 is 12.1 Å². The number of hydrogen-bond acceptors (Lipinski definition) is 6. The molecule has 0 aliphatic carbocycles. The number of hydrogen-bond donors (Lipinski definition) is 1. The topological polar surface area (TPSA) is 56.3 Å². The highest BCUT2D eigenvalue weighted by Gasteiger charge is 2.10. The predicted molar refractivity (Wildman–Crippen MR) is 98.9 cm³/mol. The summed E-state index contributed by atoms with van der Waals surface area (Å²) in [5.41, 5.74) is 2.28. The summed E-state index contributed by atoms with van der Waals surface area (Å²) in [6, 6.07) is 11.1. The van der Waals surface area contributed by atoms with Gasteiger partial charge in [-0.25, -0.2) is 9.97 Å². The first-order chi connectivity index (χ1) is 12.2. The Labute approximate surface area is 149 Å². The minimum Gasteiger partial charge on any atom is -0.491 e. The molecule has 1 N–H and O–H groups in total. The lowest BCUT2D eigenvalue weighted by Crippen LogP contribution is -2.04. The lowest BCUT2D eigenvalue weighted by atomic mass is 10.1. The second-order valence-electron chi connectivity index (χ2n) is 5.29. The fraction of sp³-hybridized carbons (Fsp3) is 0.222. The van der Waals surface area contributed by atoms with Crippen molar-refractivity contribution in [2.24, 2.45) is 0 Å². The van der Waals surface area contributed by atoms with Crippen molar-refractivity contribution in [3.05, 3.63) is 42.6 Å². The van der Waals surface area contributed by atoms with E-state index in [1.54, 1.807) is 19.4 Å². The Morgan fingerprint density at radius 3 is 2.80 bits per heavy atom. The fourth-order valence-electron chi connectivity index (χ4n) is 2.45. The molecule has 3 aromatic rings. The van der Waals surface area contributed by atoms with Crippen molar-refractivity contribution in [1.29, 1.82) is 0 Å². The Balaban J connectivity index is 2.00. The van der Waals surface area contributed by atoms with E-state index in [1.165, 1.54) is 0 Å². The molecule has 25 heavy (non-hydrogen) atoms. The van der Waals surface area contributed by atoms with Gasteiger partial charge in [-0.05, 0) is 30.3 Å². The van der Waals surface area contributed by atoms with Crippen LogP contribution in [-0.2, 0) is 4.74 Å². The van der Waals surface area contributed by atoms with Crippen LogP contribution < -0.4 is 10.1 Å². The summed E-state index contributed by atoms with van der Waals surface area (Å²) >= 11 is 0.165. The summed E-state index contributed by atoms with van der Waals surface area (Å²) in [5.74, 6) is 1.35. The van der Waals surface area contributed by atoms with Gasteiger partial charge in [0.2, 0.25) is 0 Å².